The van der Waals surface area contributed by atoms with E-state index in [1.807, 2.05) is 36.4 Å². The van der Waals surface area contributed by atoms with E-state index >= 15 is 0 Å². The standard InChI is InChI=1S/C20H24N2O3S/c1-2-21-14-15-4-3-5-16(12-15)22-20(23)8-11-26-17-6-7-18-19(13-17)25-10-9-24-18/h3-7,12-13,21H,2,8-11,14H2,1H3,(H,22,23). The number of fused-ring (bicyclic) bond motifs is 1. The minimum Gasteiger partial charge on any atom is -0.486 e. The van der Waals surface area contributed by atoms with Crippen LogP contribution in [0.25, 0.3) is 0 Å². The molecule has 0 saturated heterocycles. The van der Waals surface area contributed by atoms with E-state index in [0.717, 1.165) is 40.7 Å². The normalized spacial score (nSPS) is 12.7. The first kappa shape index (κ1) is 18.6. The molecular weight excluding hydrogens is 348 g/mol. The van der Waals surface area contributed by atoms with Gasteiger partial charge in [0.25, 0.3) is 0 Å². The minimum atomic E-state index is 0.0237. The maximum absolute atomic E-state index is 12.2. The summed E-state index contributed by atoms with van der Waals surface area (Å²) in [5, 5.41) is 6.25. The van der Waals surface area contributed by atoms with Crippen molar-refractivity contribution in [3.8, 4) is 11.5 Å². The molecule has 1 aliphatic rings. The summed E-state index contributed by atoms with van der Waals surface area (Å²) in [7, 11) is 0. The van der Waals surface area contributed by atoms with Gasteiger partial charge in [-0.15, -0.1) is 11.8 Å². The molecule has 3 rings (SSSR count). The highest BCUT2D eigenvalue weighted by Gasteiger charge is 2.12. The van der Waals surface area contributed by atoms with Crippen LogP contribution in [0.5, 0.6) is 11.5 Å². The molecule has 1 amide bonds. The lowest BCUT2D eigenvalue weighted by Crippen LogP contribution is -2.15. The lowest BCUT2D eigenvalue weighted by Gasteiger charge is -2.18. The molecule has 0 unspecified atom stereocenters. The number of amides is 1. The van der Waals surface area contributed by atoms with Crippen molar-refractivity contribution in [2.75, 3.05) is 30.8 Å². The summed E-state index contributed by atoms with van der Waals surface area (Å²) in [6, 6.07) is 13.8. The summed E-state index contributed by atoms with van der Waals surface area (Å²) in [6.45, 7) is 4.98. The Morgan fingerprint density at radius 3 is 2.81 bits per heavy atom. The Labute approximate surface area is 158 Å². The molecule has 2 N–H and O–H groups in total. The molecule has 0 saturated carbocycles. The van der Waals surface area contributed by atoms with E-state index in [4.69, 9.17) is 9.47 Å². The molecule has 0 bridgehead atoms. The van der Waals surface area contributed by atoms with Gasteiger partial charge in [0, 0.05) is 29.3 Å². The van der Waals surface area contributed by atoms with E-state index in [0.29, 0.717) is 25.4 Å². The third-order valence-electron chi connectivity index (χ3n) is 3.90. The first-order valence-corrected chi connectivity index (χ1v) is 9.85. The molecule has 5 nitrogen and oxygen atoms in total. The second-order valence-electron chi connectivity index (χ2n) is 5.93. The van der Waals surface area contributed by atoms with Crippen LogP contribution in [-0.2, 0) is 11.3 Å². The van der Waals surface area contributed by atoms with Crippen LogP contribution in [0.3, 0.4) is 0 Å². The number of rotatable bonds is 8. The first-order valence-electron chi connectivity index (χ1n) is 8.86. The Balaban J connectivity index is 1.45. The highest BCUT2D eigenvalue weighted by Crippen LogP contribution is 2.34. The Morgan fingerprint density at radius 1 is 1.12 bits per heavy atom. The Kier molecular flexibility index (Phi) is 6.80. The molecule has 0 fully saturated rings. The number of ether oxygens (including phenoxy) is 2. The quantitative estimate of drug-likeness (QED) is 0.692. The van der Waals surface area contributed by atoms with Crippen molar-refractivity contribution in [1.82, 2.24) is 5.32 Å². The van der Waals surface area contributed by atoms with Crippen LogP contribution in [-0.4, -0.2) is 31.4 Å². The van der Waals surface area contributed by atoms with Gasteiger partial charge in [0.1, 0.15) is 13.2 Å². The SMILES string of the molecule is CCNCc1cccc(NC(=O)CCSc2ccc3c(c2)OCCO3)c1. The Bertz CT molecular complexity index is 752. The van der Waals surface area contributed by atoms with Gasteiger partial charge in [-0.25, -0.2) is 0 Å². The van der Waals surface area contributed by atoms with Crippen molar-refractivity contribution in [1.29, 1.82) is 0 Å². The average molecular weight is 372 g/mol. The fraction of sp³-hybridized carbons (Fsp3) is 0.350. The van der Waals surface area contributed by atoms with Crippen LogP contribution in [0.1, 0.15) is 18.9 Å². The van der Waals surface area contributed by atoms with E-state index in [9.17, 15) is 4.79 Å². The largest absolute Gasteiger partial charge is 0.486 e. The number of nitrogens with one attached hydrogen (secondary N) is 2. The number of hydrogen-bond donors (Lipinski definition) is 2. The summed E-state index contributed by atoms with van der Waals surface area (Å²) in [4.78, 5) is 13.3. The molecule has 0 atom stereocenters. The molecular formula is C20H24N2O3S. The summed E-state index contributed by atoms with van der Waals surface area (Å²) < 4.78 is 11.1. The summed E-state index contributed by atoms with van der Waals surface area (Å²) in [6.07, 6.45) is 0.455. The highest BCUT2D eigenvalue weighted by atomic mass is 32.2. The van der Waals surface area contributed by atoms with Gasteiger partial charge in [-0.3, -0.25) is 4.79 Å². The molecule has 138 valence electrons. The summed E-state index contributed by atoms with van der Waals surface area (Å²) in [5.74, 6) is 2.30. The summed E-state index contributed by atoms with van der Waals surface area (Å²) >= 11 is 1.64. The van der Waals surface area contributed by atoms with Crippen molar-refractivity contribution >= 4 is 23.4 Å². The zero-order chi connectivity index (χ0) is 18.2. The number of thioether (sulfide) groups is 1. The van der Waals surface area contributed by atoms with Crippen molar-refractivity contribution in [3.63, 3.8) is 0 Å². The van der Waals surface area contributed by atoms with Gasteiger partial charge in [0.05, 0.1) is 0 Å². The molecule has 2 aromatic rings. The molecule has 0 aliphatic carbocycles. The number of benzene rings is 2. The minimum absolute atomic E-state index is 0.0237. The maximum atomic E-state index is 12.2. The lowest BCUT2D eigenvalue weighted by atomic mass is 10.2. The van der Waals surface area contributed by atoms with Gasteiger partial charge in [-0.2, -0.15) is 0 Å². The zero-order valence-corrected chi connectivity index (χ0v) is 15.7. The average Bonchev–Trinajstić information content (AvgIpc) is 2.66. The van der Waals surface area contributed by atoms with Crippen LogP contribution < -0.4 is 20.1 Å². The predicted molar refractivity (Wildman–Crippen MR) is 105 cm³/mol. The second-order valence-corrected chi connectivity index (χ2v) is 7.10. The van der Waals surface area contributed by atoms with Gasteiger partial charge < -0.3 is 20.1 Å². The van der Waals surface area contributed by atoms with Crippen LogP contribution in [0.15, 0.2) is 47.4 Å². The molecule has 1 heterocycles. The first-order chi connectivity index (χ1) is 12.7. The topological polar surface area (TPSA) is 59.6 Å². The molecule has 0 aromatic heterocycles. The van der Waals surface area contributed by atoms with Crippen molar-refractivity contribution < 1.29 is 14.3 Å². The molecule has 0 radical (unpaired) electrons. The number of carbonyl (C=O) groups is 1. The Morgan fingerprint density at radius 2 is 1.96 bits per heavy atom. The van der Waals surface area contributed by atoms with Crippen LogP contribution >= 0.6 is 11.8 Å². The third kappa shape index (κ3) is 5.41. The van der Waals surface area contributed by atoms with E-state index in [2.05, 4.69) is 23.6 Å². The zero-order valence-electron chi connectivity index (χ0n) is 14.9. The van der Waals surface area contributed by atoms with Crippen molar-refractivity contribution in [3.05, 3.63) is 48.0 Å². The van der Waals surface area contributed by atoms with Gasteiger partial charge in [0.2, 0.25) is 5.91 Å². The molecule has 1 aliphatic heterocycles. The molecule has 2 aromatic carbocycles. The van der Waals surface area contributed by atoms with Crippen LogP contribution in [0, 0.1) is 0 Å². The molecule has 6 heteroatoms. The second kappa shape index (κ2) is 9.50. The van der Waals surface area contributed by atoms with Crippen LogP contribution in [0.2, 0.25) is 0 Å². The van der Waals surface area contributed by atoms with Gasteiger partial charge in [-0.05, 0) is 42.4 Å². The number of anilines is 1. The van der Waals surface area contributed by atoms with Gasteiger partial charge in [0.15, 0.2) is 11.5 Å². The van der Waals surface area contributed by atoms with Crippen molar-refractivity contribution in [2.45, 2.75) is 24.8 Å². The lowest BCUT2D eigenvalue weighted by molar-refractivity contribution is -0.115. The van der Waals surface area contributed by atoms with E-state index in [-0.39, 0.29) is 5.91 Å². The predicted octanol–water partition coefficient (Wildman–Crippen LogP) is 3.69. The molecule has 0 spiro atoms. The van der Waals surface area contributed by atoms with E-state index in [1.54, 1.807) is 11.8 Å². The fourth-order valence-corrected chi connectivity index (χ4v) is 3.50. The fourth-order valence-electron chi connectivity index (χ4n) is 2.63. The van der Waals surface area contributed by atoms with E-state index in [1.165, 1.54) is 0 Å². The maximum Gasteiger partial charge on any atom is 0.225 e. The van der Waals surface area contributed by atoms with E-state index < -0.39 is 0 Å². The number of carbonyl (C=O) groups excluding carboxylic acids is 1. The van der Waals surface area contributed by atoms with Gasteiger partial charge in [-0.1, -0.05) is 19.1 Å². The number of hydrogen-bond acceptors (Lipinski definition) is 5. The Hall–Kier alpha value is -2.18. The monoisotopic (exact) mass is 372 g/mol. The molecule has 26 heavy (non-hydrogen) atoms. The van der Waals surface area contributed by atoms with Gasteiger partial charge >= 0.3 is 0 Å². The van der Waals surface area contributed by atoms with Crippen LogP contribution in [0.4, 0.5) is 5.69 Å². The third-order valence-corrected chi connectivity index (χ3v) is 4.90. The highest BCUT2D eigenvalue weighted by molar-refractivity contribution is 7.99. The smallest absolute Gasteiger partial charge is 0.225 e. The summed E-state index contributed by atoms with van der Waals surface area (Å²) in [5.41, 5.74) is 2.00. The van der Waals surface area contributed by atoms with Crippen molar-refractivity contribution in [2.24, 2.45) is 0 Å².